The van der Waals surface area contributed by atoms with Crippen molar-refractivity contribution in [2.24, 2.45) is 0 Å². The Morgan fingerprint density at radius 2 is 1.90 bits per heavy atom. The van der Waals surface area contributed by atoms with Gasteiger partial charge in [0.15, 0.2) is 0 Å². The summed E-state index contributed by atoms with van der Waals surface area (Å²) in [6.45, 7) is 4.21. The van der Waals surface area contributed by atoms with Crippen LogP contribution in [-0.2, 0) is 10.0 Å². The minimum Gasteiger partial charge on any atom is -0.378 e. The van der Waals surface area contributed by atoms with Crippen LogP contribution in [-0.4, -0.2) is 15.0 Å². The molecule has 4 nitrogen and oxygen atoms in total. The van der Waals surface area contributed by atoms with Crippen molar-refractivity contribution in [3.63, 3.8) is 0 Å². The van der Waals surface area contributed by atoms with Crippen LogP contribution in [0.4, 0.5) is 5.69 Å². The predicted molar refractivity (Wildman–Crippen MR) is 91.4 cm³/mol. The number of rotatable bonds is 6. The first-order valence-electron chi connectivity index (χ1n) is 6.53. The molecule has 21 heavy (non-hydrogen) atoms. The molecule has 2 N–H and O–H groups in total. The van der Waals surface area contributed by atoms with Gasteiger partial charge in [-0.05, 0) is 58.6 Å². The van der Waals surface area contributed by atoms with Crippen molar-refractivity contribution >= 4 is 43.0 Å². The number of benzene rings is 1. The fourth-order valence-corrected chi connectivity index (χ4v) is 4.70. The summed E-state index contributed by atoms with van der Waals surface area (Å²) in [5.41, 5.74) is 0.887. The van der Waals surface area contributed by atoms with Crippen LogP contribution in [0.15, 0.2) is 45.1 Å². The van der Waals surface area contributed by atoms with Gasteiger partial charge in [0, 0.05) is 21.6 Å². The third-order valence-corrected chi connectivity index (χ3v) is 6.54. The molecule has 0 radical (unpaired) electrons. The van der Waals surface area contributed by atoms with Crippen LogP contribution in [0.1, 0.15) is 24.8 Å². The van der Waals surface area contributed by atoms with Gasteiger partial charge in [0.2, 0.25) is 10.0 Å². The lowest BCUT2D eigenvalue weighted by Gasteiger charge is -2.15. The molecule has 1 aromatic carbocycles. The Bertz CT molecular complexity index is 696. The quantitative estimate of drug-likeness (QED) is 0.786. The van der Waals surface area contributed by atoms with E-state index in [9.17, 15) is 8.42 Å². The summed E-state index contributed by atoms with van der Waals surface area (Å²) in [5, 5.41) is 5.39. The van der Waals surface area contributed by atoms with Crippen LogP contribution in [0.25, 0.3) is 0 Å². The van der Waals surface area contributed by atoms with Crippen LogP contribution in [0.5, 0.6) is 0 Å². The van der Waals surface area contributed by atoms with E-state index in [1.54, 1.807) is 42.5 Å². The molecule has 0 fully saturated rings. The lowest BCUT2D eigenvalue weighted by molar-refractivity contribution is 0.584. The third kappa shape index (κ3) is 4.06. The minimum absolute atomic E-state index is 0.149. The fourth-order valence-electron chi connectivity index (χ4n) is 1.93. The monoisotopic (exact) mass is 388 g/mol. The molecule has 2 rings (SSSR count). The van der Waals surface area contributed by atoms with Crippen molar-refractivity contribution in [3.8, 4) is 0 Å². The second-order valence-corrected chi connectivity index (χ2v) is 8.09. The lowest BCUT2D eigenvalue weighted by atomic mass is 10.2. The van der Waals surface area contributed by atoms with E-state index in [0.717, 1.165) is 10.2 Å². The molecule has 1 heterocycles. The van der Waals surface area contributed by atoms with Gasteiger partial charge < -0.3 is 5.32 Å². The number of nitrogens with one attached hydrogen (secondary N) is 2. The van der Waals surface area contributed by atoms with Crippen molar-refractivity contribution in [2.45, 2.75) is 24.8 Å². The van der Waals surface area contributed by atoms with Gasteiger partial charge in [0.25, 0.3) is 0 Å². The highest BCUT2D eigenvalue weighted by atomic mass is 79.9. The molecule has 0 amide bonds. The molecule has 0 aliphatic carbocycles. The van der Waals surface area contributed by atoms with Gasteiger partial charge in [-0.1, -0.05) is 6.92 Å². The van der Waals surface area contributed by atoms with E-state index in [1.807, 2.05) is 11.4 Å². The average Bonchev–Trinajstić information content (AvgIpc) is 2.85. The largest absolute Gasteiger partial charge is 0.378 e. The first-order chi connectivity index (χ1) is 9.94. The van der Waals surface area contributed by atoms with Crippen molar-refractivity contribution in [1.82, 2.24) is 4.72 Å². The SMILES string of the molecule is CCNS(=O)(=O)c1ccc(NC(C)c2sccc2Br)cc1. The molecule has 0 saturated carbocycles. The Balaban J connectivity index is 2.11. The molecule has 114 valence electrons. The Hall–Kier alpha value is -0.890. The molecule has 7 heteroatoms. The molecular weight excluding hydrogens is 372 g/mol. The number of halogens is 1. The first-order valence-corrected chi connectivity index (χ1v) is 9.68. The van der Waals surface area contributed by atoms with Gasteiger partial charge >= 0.3 is 0 Å². The van der Waals surface area contributed by atoms with E-state index < -0.39 is 10.0 Å². The van der Waals surface area contributed by atoms with Crippen LogP contribution in [0.2, 0.25) is 0 Å². The van der Waals surface area contributed by atoms with Crippen molar-refractivity contribution in [1.29, 1.82) is 0 Å². The smallest absolute Gasteiger partial charge is 0.240 e. The molecule has 0 saturated heterocycles. The fraction of sp³-hybridized carbons (Fsp3) is 0.286. The van der Waals surface area contributed by atoms with Crippen molar-refractivity contribution in [2.75, 3.05) is 11.9 Å². The second kappa shape index (κ2) is 6.91. The van der Waals surface area contributed by atoms with Gasteiger partial charge in [-0.25, -0.2) is 13.1 Å². The zero-order valence-electron chi connectivity index (χ0n) is 11.8. The van der Waals surface area contributed by atoms with E-state index in [0.29, 0.717) is 6.54 Å². The molecule has 0 bridgehead atoms. The maximum atomic E-state index is 11.9. The van der Waals surface area contributed by atoms with Crippen LogP contribution >= 0.6 is 27.3 Å². The van der Waals surface area contributed by atoms with Crippen molar-refractivity contribution < 1.29 is 8.42 Å². The maximum Gasteiger partial charge on any atom is 0.240 e. The Morgan fingerprint density at radius 3 is 2.43 bits per heavy atom. The lowest BCUT2D eigenvalue weighted by Crippen LogP contribution is -2.23. The summed E-state index contributed by atoms with van der Waals surface area (Å²) in [6.07, 6.45) is 0. The molecular formula is C14H17BrN2O2S2. The van der Waals surface area contributed by atoms with Gasteiger partial charge in [-0.15, -0.1) is 11.3 Å². The second-order valence-electron chi connectivity index (χ2n) is 4.52. The summed E-state index contributed by atoms with van der Waals surface area (Å²) < 4.78 is 27.3. The highest BCUT2D eigenvalue weighted by Gasteiger charge is 2.13. The van der Waals surface area contributed by atoms with Crippen LogP contribution in [0, 0.1) is 0 Å². The van der Waals surface area contributed by atoms with E-state index in [-0.39, 0.29) is 10.9 Å². The number of sulfonamides is 1. The van der Waals surface area contributed by atoms with E-state index >= 15 is 0 Å². The molecule has 0 spiro atoms. The van der Waals surface area contributed by atoms with E-state index in [4.69, 9.17) is 0 Å². The summed E-state index contributed by atoms with van der Waals surface area (Å²) in [4.78, 5) is 1.49. The van der Waals surface area contributed by atoms with Crippen molar-refractivity contribution in [3.05, 3.63) is 45.1 Å². The van der Waals surface area contributed by atoms with Crippen LogP contribution < -0.4 is 10.0 Å². The standard InChI is InChI=1S/C14H17BrN2O2S2/c1-3-16-21(18,19)12-6-4-11(5-7-12)17-10(2)14-13(15)8-9-20-14/h4-10,16-17H,3H2,1-2H3. The number of hydrogen-bond donors (Lipinski definition) is 2. The van der Waals surface area contributed by atoms with Gasteiger partial charge in [-0.2, -0.15) is 0 Å². The van der Waals surface area contributed by atoms with Gasteiger partial charge in [0.05, 0.1) is 10.9 Å². The normalized spacial score (nSPS) is 13.1. The molecule has 1 atom stereocenters. The summed E-state index contributed by atoms with van der Waals surface area (Å²) >= 11 is 5.19. The molecule has 0 aliphatic rings. The number of thiophene rings is 1. The first kappa shape index (κ1) is 16.5. The number of hydrogen-bond acceptors (Lipinski definition) is 4. The Kier molecular flexibility index (Phi) is 5.43. The predicted octanol–water partition coefficient (Wildman–Crippen LogP) is 3.98. The third-order valence-electron chi connectivity index (χ3n) is 2.92. The number of anilines is 1. The van der Waals surface area contributed by atoms with E-state index in [2.05, 4.69) is 32.9 Å². The average molecular weight is 389 g/mol. The van der Waals surface area contributed by atoms with Gasteiger partial charge in [-0.3, -0.25) is 0 Å². The topological polar surface area (TPSA) is 58.2 Å². The van der Waals surface area contributed by atoms with Crippen LogP contribution in [0.3, 0.4) is 0 Å². The molecule has 1 aromatic heterocycles. The Morgan fingerprint density at radius 1 is 1.24 bits per heavy atom. The zero-order valence-corrected chi connectivity index (χ0v) is 15.0. The summed E-state index contributed by atoms with van der Waals surface area (Å²) in [7, 11) is -3.39. The summed E-state index contributed by atoms with van der Waals surface area (Å²) in [5.74, 6) is 0. The maximum absolute atomic E-state index is 11.9. The summed E-state index contributed by atoms with van der Waals surface area (Å²) in [6, 6.07) is 8.94. The zero-order chi connectivity index (χ0) is 15.5. The molecule has 2 aromatic rings. The van der Waals surface area contributed by atoms with E-state index in [1.165, 1.54) is 4.88 Å². The molecule has 1 unspecified atom stereocenters. The highest BCUT2D eigenvalue weighted by Crippen LogP contribution is 2.31. The van der Waals surface area contributed by atoms with Gasteiger partial charge in [0.1, 0.15) is 0 Å². The Labute approximate surface area is 137 Å². The molecule has 0 aliphatic heterocycles. The minimum atomic E-state index is -3.39. The highest BCUT2D eigenvalue weighted by molar-refractivity contribution is 9.10.